The van der Waals surface area contributed by atoms with Crippen LogP contribution in [0.25, 0.3) is 10.8 Å². The summed E-state index contributed by atoms with van der Waals surface area (Å²) in [4.78, 5) is 27.3. The van der Waals surface area contributed by atoms with Crippen LogP contribution in [-0.2, 0) is 22.6 Å². The molecule has 0 aliphatic heterocycles. The van der Waals surface area contributed by atoms with Crippen molar-refractivity contribution < 1.29 is 14.3 Å². The summed E-state index contributed by atoms with van der Waals surface area (Å²) >= 11 is 0. The maximum Gasteiger partial charge on any atom is 0.308 e. The number of carbonyl (C=O) groups excluding carboxylic acids is 2. The zero-order chi connectivity index (χ0) is 18.4. The van der Waals surface area contributed by atoms with Gasteiger partial charge in [0.2, 0.25) is 0 Å². The van der Waals surface area contributed by atoms with E-state index in [-0.39, 0.29) is 18.3 Å². The highest BCUT2D eigenvalue weighted by molar-refractivity contribution is 5.86. The van der Waals surface area contributed by atoms with Gasteiger partial charge in [0.05, 0.1) is 6.54 Å². The molecular weight excluding hydrogens is 328 g/mol. The molecule has 0 aliphatic rings. The average Bonchev–Trinajstić information content (AvgIpc) is 2.61. The van der Waals surface area contributed by atoms with Gasteiger partial charge in [-0.15, -0.1) is 0 Å². The van der Waals surface area contributed by atoms with E-state index < -0.39 is 0 Å². The number of nitrogens with zero attached hydrogens (tertiary/aromatic N) is 1. The molecule has 0 saturated heterocycles. The quantitative estimate of drug-likeness (QED) is 0.525. The lowest BCUT2D eigenvalue weighted by molar-refractivity contribution is -0.131. The summed E-state index contributed by atoms with van der Waals surface area (Å²) in [5.74, 6) is 0.278. The van der Waals surface area contributed by atoms with E-state index in [2.05, 4.69) is 10.3 Å². The van der Waals surface area contributed by atoms with Crippen molar-refractivity contribution in [3.8, 4) is 5.75 Å². The zero-order valence-electron chi connectivity index (χ0n) is 14.6. The SMILES string of the molecule is CC(=O)Oc1cccc(CNCC(=O)Cc2ccc3cnccc3c2)c1. The Balaban J connectivity index is 1.51. The lowest BCUT2D eigenvalue weighted by atomic mass is 10.0. The van der Waals surface area contributed by atoms with E-state index in [9.17, 15) is 9.59 Å². The largest absolute Gasteiger partial charge is 0.427 e. The number of nitrogens with one attached hydrogen (secondary N) is 1. The number of hydrogen-bond acceptors (Lipinski definition) is 5. The number of carbonyl (C=O) groups is 2. The first-order valence-electron chi connectivity index (χ1n) is 8.42. The number of esters is 1. The van der Waals surface area contributed by atoms with Gasteiger partial charge in [-0.05, 0) is 34.7 Å². The lowest BCUT2D eigenvalue weighted by Crippen LogP contribution is -2.23. The van der Waals surface area contributed by atoms with Crippen LogP contribution in [0.15, 0.2) is 60.9 Å². The highest BCUT2D eigenvalue weighted by Crippen LogP contribution is 2.15. The second-order valence-electron chi connectivity index (χ2n) is 6.12. The standard InChI is InChI=1S/C21H20N2O3/c1-15(24)26-21-4-2-3-17(11-21)12-23-14-20(25)10-16-5-6-19-13-22-8-7-18(19)9-16/h2-9,11,13,23H,10,12,14H2,1H3. The van der Waals surface area contributed by atoms with Crippen LogP contribution in [0.5, 0.6) is 5.75 Å². The monoisotopic (exact) mass is 348 g/mol. The fourth-order valence-electron chi connectivity index (χ4n) is 2.76. The Hall–Kier alpha value is -3.05. The van der Waals surface area contributed by atoms with Crippen LogP contribution in [0.2, 0.25) is 0 Å². The Bertz CT molecular complexity index is 937. The second-order valence-corrected chi connectivity index (χ2v) is 6.12. The van der Waals surface area contributed by atoms with Crippen LogP contribution in [0.1, 0.15) is 18.1 Å². The molecule has 1 N–H and O–H groups in total. The first-order valence-corrected chi connectivity index (χ1v) is 8.42. The maximum absolute atomic E-state index is 12.2. The third kappa shape index (κ3) is 4.97. The van der Waals surface area contributed by atoms with Gasteiger partial charge in [0.25, 0.3) is 0 Å². The molecule has 0 bridgehead atoms. The predicted molar refractivity (Wildman–Crippen MR) is 99.9 cm³/mol. The van der Waals surface area contributed by atoms with Gasteiger partial charge in [-0.2, -0.15) is 0 Å². The molecule has 132 valence electrons. The molecular formula is C21H20N2O3. The normalized spacial score (nSPS) is 10.7. The van der Waals surface area contributed by atoms with Crippen LogP contribution >= 0.6 is 0 Å². The molecule has 3 aromatic rings. The zero-order valence-corrected chi connectivity index (χ0v) is 14.6. The van der Waals surface area contributed by atoms with Crippen molar-refractivity contribution in [1.82, 2.24) is 10.3 Å². The molecule has 1 aromatic heterocycles. The first-order chi connectivity index (χ1) is 12.6. The van der Waals surface area contributed by atoms with Crippen LogP contribution in [0.4, 0.5) is 0 Å². The minimum atomic E-state index is -0.351. The third-order valence-electron chi connectivity index (χ3n) is 3.92. The van der Waals surface area contributed by atoms with E-state index in [0.717, 1.165) is 21.9 Å². The van der Waals surface area contributed by atoms with Crippen LogP contribution in [-0.4, -0.2) is 23.3 Å². The molecule has 1 heterocycles. The molecule has 0 atom stereocenters. The van der Waals surface area contributed by atoms with Crippen molar-refractivity contribution >= 4 is 22.5 Å². The Morgan fingerprint density at radius 2 is 1.92 bits per heavy atom. The molecule has 26 heavy (non-hydrogen) atoms. The highest BCUT2D eigenvalue weighted by atomic mass is 16.5. The minimum absolute atomic E-state index is 0.120. The second kappa shape index (κ2) is 8.36. The van der Waals surface area contributed by atoms with Crippen molar-refractivity contribution in [1.29, 1.82) is 0 Å². The van der Waals surface area contributed by atoms with Crippen molar-refractivity contribution in [3.05, 3.63) is 72.1 Å². The van der Waals surface area contributed by atoms with E-state index in [1.165, 1.54) is 6.92 Å². The van der Waals surface area contributed by atoms with Crippen molar-refractivity contribution in [2.45, 2.75) is 19.9 Å². The average molecular weight is 348 g/mol. The maximum atomic E-state index is 12.2. The molecule has 0 spiro atoms. The predicted octanol–water partition coefficient (Wildman–Crippen LogP) is 3.06. The number of hydrogen-bond donors (Lipinski definition) is 1. The number of aromatic nitrogens is 1. The molecule has 3 rings (SSSR count). The molecule has 0 unspecified atom stereocenters. The molecule has 2 aromatic carbocycles. The summed E-state index contributed by atoms with van der Waals surface area (Å²) in [5.41, 5.74) is 1.95. The molecule has 0 aliphatic carbocycles. The van der Waals surface area contributed by atoms with E-state index >= 15 is 0 Å². The number of rotatable bonds is 7. The van der Waals surface area contributed by atoms with Gasteiger partial charge in [-0.3, -0.25) is 14.6 Å². The summed E-state index contributed by atoms with van der Waals surface area (Å²) in [5, 5.41) is 5.29. The summed E-state index contributed by atoms with van der Waals surface area (Å²) in [7, 11) is 0. The van der Waals surface area contributed by atoms with Crippen molar-refractivity contribution in [3.63, 3.8) is 0 Å². The summed E-state index contributed by atoms with van der Waals surface area (Å²) in [6, 6.07) is 15.2. The van der Waals surface area contributed by atoms with Crippen LogP contribution in [0.3, 0.4) is 0 Å². The van der Waals surface area contributed by atoms with E-state index in [1.807, 2.05) is 42.6 Å². The van der Waals surface area contributed by atoms with E-state index in [4.69, 9.17) is 4.74 Å². The smallest absolute Gasteiger partial charge is 0.308 e. The number of ether oxygens (including phenoxy) is 1. The van der Waals surface area contributed by atoms with Gasteiger partial charge < -0.3 is 10.1 Å². The highest BCUT2D eigenvalue weighted by Gasteiger charge is 2.05. The van der Waals surface area contributed by atoms with Gasteiger partial charge in [0, 0.05) is 37.7 Å². The number of Topliss-reactive ketones (excluding diaryl/α,β-unsaturated/α-hetero) is 1. The van der Waals surface area contributed by atoms with Gasteiger partial charge in [0.1, 0.15) is 5.75 Å². The Kier molecular flexibility index (Phi) is 5.71. The summed E-state index contributed by atoms with van der Waals surface area (Å²) in [6.45, 7) is 2.18. The van der Waals surface area contributed by atoms with E-state index in [1.54, 1.807) is 18.3 Å². The van der Waals surface area contributed by atoms with Gasteiger partial charge in [0.15, 0.2) is 5.78 Å². The van der Waals surface area contributed by atoms with Crippen molar-refractivity contribution in [2.75, 3.05) is 6.54 Å². The van der Waals surface area contributed by atoms with Gasteiger partial charge >= 0.3 is 5.97 Å². The summed E-state index contributed by atoms with van der Waals surface area (Å²) in [6.07, 6.45) is 3.95. The Morgan fingerprint density at radius 1 is 1.04 bits per heavy atom. The molecule has 0 amide bonds. The lowest BCUT2D eigenvalue weighted by Gasteiger charge is -2.07. The van der Waals surface area contributed by atoms with Crippen LogP contribution < -0.4 is 10.1 Å². The topological polar surface area (TPSA) is 68.3 Å². The molecule has 5 nitrogen and oxygen atoms in total. The molecule has 5 heteroatoms. The first kappa shape index (κ1) is 17.8. The minimum Gasteiger partial charge on any atom is -0.427 e. The fraction of sp³-hybridized carbons (Fsp3) is 0.190. The third-order valence-corrected chi connectivity index (χ3v) is 3.92. The summed E-state index contributed by atoms with van der Waals surface area (Å²) < 4.78 is 5.06. The van der Waals surface area contributed by atoms with Gasteiger partial charge in [-0.1, -0.05) is 30.3 Å². The number of pyridine rings is 1. The number of benzene rings is 2. The number of fused-ring (bicyclic) bond motifs is 1. The molecule has 0 saturated carbocycles. The fourth-order valence-corrected chi connectivity index (χ4v) is 2.76. The molecule has 0 fully saturated rings. The van der Waals surface area contributed by atoms with Gasteiger partial charge in [-0.25, -0.2) is 0 Å². The molecule has 0 radical (unpaired) electrons. The van der Waals surface area contributed by atoms with E-state index in [0.29, 0.717) is 18.7 Å². The number of ketones is 1. The van der Waals surface area contributed by atoms with Crippen LogP contribution in [0, 0.1) is 0 Å². The Labute approximate surface area is 152 Å². The van der Waals surface area contributed by atoms with Crippen molar-refractivity contribution in [2.24, 2.45) is 0 Å². The Morgan fingerprint density at radius 3 is 2.77 bits per heavy atom.